The van der Waals surface area contributed by atoms with Crippen LogP contribution in [0.3, 0.4) is 0 Å². The Kier molecular flexibility index (Phi) is 3.15. The molecular weight excluding hydrogens is 234 g/mol. The molecule has 94 valence electrons. The predicted molar refractivity (Wildman–Crippen MR) is 67.1 cm³/mol. The summed E-state index contributed by atoms with van der Waals surface area (Å²) >= 11 is 1.73. The number of ether oxygens (including phenoxy) is 1. The lowest BCUT2D eigenvalue weighted by Gasteiger charge is -2.39. The van der Waals surface area contributed by atoms with Crippen molar-refractivity contribution in [2.24, 2.45) is 0 Å². The summed E-state index contributed by atoms with van der Waals surface area (Å²) in [6.45, 7) is 0.877. The summed E-state index contributed by atoms with van der Waals surface area (Å²) in [7, 11) is 1.82. The van der Waals surface area contributed by atoms with E-state index in [1.807, 2.05) is 7.11 Å². The van der Waals surface area contributed by atoms with Gasteiger partial charge >= 0.3 is 0 Å². The van der Waals surface area contributed by atoms with E-state index in [2.05, 4.69) is 15.5 Å². The van der Waals surface area contributed by atoms with E-state index in [-0.39, 0.29) is 5.60 Å². The molecule has 2 fully saturated rings. The molecule has 0 amide bonds. The molecule has 2 aliphatic carbocycles. The smallest absolute Gasteiger partial charge is 0.131 e. The summed E-state index contributed by atoms with van der Waals surface area (Å²) in [6.07, 6.45) is 7.18. The number of nitrogens with one attached hydrogen (secondary N) is 1. The first-order valence-corrected chi connectivity index (χ1v) is 7.21. The third-order valence-electron chi connectivity index (χ3n) is 3.80. The Morgan fingerprint density at radius 1 is 1.35 bits per heavy atom. The monoisotopic (exact) mass is 253 g/mol. The molecule has 0 aliphatic heterocycles. The molecule has 0 unspecified atom stereocenters. The van der Waals surface area contributed by atoms with Crippen LogP contribution in [0.15, 0.2) is 0 Å². The summed E-state index contributed by atoms with van der Waals surface area (Å²) < 4.78 is 5.62. The maximum Gasteiger partial charge on any atom is 0.131 e. The van der Waals surface area contributed by atoms with Crippen LogP contribution in [0.4, 0.5) is 0 Å². The molecule has 3 rings (SSSR count). The van der Waals surface area contributed by atoms with Gasteiger partial charge in [-0.1, -0.05) is 0 Å². The fourth-order valence-corrected chi connectivity index (χ4v) is 3.18. The van der Waals surface area contributed by atoms with E-state index in [1.165, 1.54) is 32.1 Å². The van der Waals surface area contributed by atoms with E-state index in [9.17, 15) is 0 Å². The first kappa shape index (κ1) is 11.6. The summed E-state index contributed by atoms with van der Waals surface area (Å²) in [5.41, 5.74) is 0.0702. The highest BCUT2D eigenvalue weighted by Gasteiger charge is 2.38. The van der Waals surface area contributed by atoms with Crippen LogP contribution < -0.4 is 5.32 Å². The third kappa shape index (κ3) is 2.67. The van der Waals surface area contributed by atoms with Gasteiger partial charge < -0.3 is 10.1 Å². The molecule has 0 aromatic carbocycles. The van der Waals surface area contributed by atoms with E-state index < -0.39 is 0 Å². The summed E-state index contributed by atoms with van der Waals surface area (Å²) in [5, 5.41) is 14.2. The van der Waals surface area contributed by atoms with E-state index in [0.29, 0.717) is 0 Å². The largest absolute Gasteiger partial charge is 0.378 e. The van der Waals surface area contributed by atoms with Gasteiger partial charge in [-0.2, -0.15) is 0 Å². The zero-order valence-corrected chi connectivity index (χ0v) is 11.1. The predicted octanol–water partition coefficient (Wildman–Crippen LogP) is 1.90. The molecule has 2 aliphatic rings. The molecule has 1 N–H and O–H groups in total. The second-order valence-corrected chi connectivity index (χ2v) is 6.31. The maximum atomic E-state index is 5.62. The highest BCUT2D eigenvalue weighted by atomic mass is 32.1. The average Bonchev–Trinajstić information content (AvgIpc) is 3.01. The molecule has 4 nitrogen and oxygen atoms in total. The molecule has 5 heteroatoms. The number of nitrogens with zero attached hydrogens (tertiary/aromatic N) is 2. The van der Waals surface area contributed by atoms with Crippen molar-refractivity contribution in [1.29, 1.82) is 0 Å². The number of rotatable bonds is 6. The van der Waals surface area contributed by atoms with Crippen molar-refractivity contribution in [3.05, 3.63) is 10.0 Å². The standard InChI is InChI=1S/C12H19N3OS/c1-16-12(5-2-6-12)7-10-14-15-11(17-10)8-13-9-3-4-9/h9,13H,2-8H2,1H3. The average molecular weight is 253 g/mol. The Balaban J connectivity index is 1.55. The lowest BCUT2D eigenvalue weighted by atomic mass is 9.78. The first-order chi connectivity index (χ1) is 8.30. The second kappa shape index (κ2) is 4.63. The van der Waals surface area contributed by atoms with Crippen molar-refractivity contribution in [1.82, 2.24) is 15.5 Å². The minimum Gasteiger partial charge on any atom is -0.378 e. The SMILES string of the molecule is COC1(Cc2nnc(CNC3CC3)s2)CCC1. The Bertz CT molecular complexity index is 379. The normalized spacial score (nSPS) is 22.4. The summed E-state index contributed by atoms with van der Waals surface area (Å²) in [4.78, 5) is 0. The molecule has 17 heavy (non-hydrogen) atoms. The molecule has 0 bridgehead atoms. The van der Waals surface area contributed by atoms with Gasteiger partial charge in [-0.25, -0.2) is 0 Å². The Hall–Kier alpha value is -0.520. The number of hydrogen-bond acceptors (Lipinski definition) is 5. The van der Waals surface area contributed by atoms with Gasteiger partial charge in [-0.15, -0.1) is 21.5 Å². The number of hydrogen-bond donors (Lipinski definition) is 1. The van der Waals surface area contributed by atoms with Gasteiger partial charge in [0.05, 0.1) is 5.60 Å². The van der Waals surface area contributed by atoms with Crippen molar-refractivity contribution in [3.8, 4) is 0 Å². The fraction of sp³-hybridized carbons (Fsp3) is 0.833. The first-order valence-electron chi connectivity index (χ1n) is 6.39. The van der Waals surface area contributed by atoms with Crippen molar-refractivity contribution in [2.45, 2.75) is 56.7 Å². The Morgan fingerprint density at radius 3 is 2.71 bits per heavy atom. The molecule has 0 radical (unpaired) electrons. The minimum absolute atomic E-state index is 0.0702. The molecule has 0 saturated heterocycles. The Labute approximate surface area is 106 Å². The molecule has 1 heterocycles. The van der Waals surface area contributed by atoms with Gasteiger partial charge in [0.2, 0.25) is 0 Å². The fourth-order valence-electron chi connectivity index (χ4n) is 2.25. The highest BCUT2D eigenvalue weighted by molar-refractivity contribution is 7.11. The topological polar surface area (TPSA) is 47.0 Å². The van der Waals surface area contributed by atoms with Crippen molar-refractivity contribution >= 4 is 11.3 Å². The van der Waals surface area contributed by atoms with Gasteiger partial charge in [0.15, 0.2) is 0 Å². The van der Waals surface area contributed by atoms with E-state index in [0.717, 1.165) is 29.0 Å². The quantitative estimate of drug-likeness (QED) is 0.841. The van der Waals surface area contributed by atoms with Gasteiger partial charge in [0, 0.05) is 26.1 Å². The van der Waals surface area contributed by atoms with Crippen LogP contribution in [0, 0.1) is 0 Å². The Morgan fingerprint density at radius 2 is 2.12 bits per heavy atom. The lowest BCUT2D eigenvalue weighted by molar-refractivity contribution is -0.0709. The number of methoxy groups -OCH3 is 1. The minimum atomic E-state index is 0.0702. The van der Waals surface area contributed by atoms with Gasteiger partial charge in [0.1, 0.15) is 10.0 Å². The molecule has 0 atom stereocenters. The molecule has 0 spiro atoms. The van der Waals surface area contributed by atoms with Crippen molar-refractivity contribution in [2.75, 3.05) is 7.11 Å². The molecule has 2 saturated carbocycles. The zero-order chi connectivity index (χ0) is 11.7. The van der Waals surface area contributed by atoms with Crippen LogP contribution in [0.2, 0.25) is 0 Å². The van der Waals surface area contributed by atoms with E-state index in [4.69, 9.17) is 4.74 Å². The highest BCUT2D eigenvalue weighted by Crippen LogP contribution is 2.38. The zero-order valence-electron chi connectivity index (χ0n) is 10.2. The van der Waals surface area contributed by atoms with Crippen LogP contribution in [0.1, 0.15) is 42.1 Å². The third-order valence-corrected chi connectivity index (χ3v) is 4.72. The molecular formula is C12H19N3OS. The van der Waals surface area contributed by atoms with Crippen LogP contribution in [0.5, 0.6) is 0 Å². The van der Waals surface area contributed by atoms with Crippen LogP contribution in [-0.4, -0.2) is 29.0 Å². The summed E-state index contributed by atoms with van der Waals surface area (Å²) in [5.74, 6) is 0. The number of aromatic nitrogens is 2. The van der Waals surface area contributed by atoms with Crippen LogP contribution in [-0.2, 0) is 17.7 Å². The van der Waals surface area contributed by atoms with E-state index in [1.54, 1.807) is 11.3 Å². The van der Waals surface area contributed by atoms with Crippen LogP contribution in [0.25, 0.3) is 0 Å². The molecule has 1 aromatic heterocycles. The second-order valence-electron chi connectivity index (χ2n) is 5.16. The summed E-state index contributed by atoms with van der Waals surface area (Å²) in [6, 6.07) is 0.735. The van der Waals surface area contributed by atoms with Crippen LogP contribution >= 0.6 is 11.3 Å². The van der Waals surface area contributed by atoms with Crippen molar-refractivity contribution in [3.63, 3.8) is 0 Å². The lowest BCUT2D eigenvalue weighted by Crippen LogP contribution is -2.41. The van der Waals surface area contributed by atoms with Gasteiger partial charge in [0.25, 0.3) is 0 Å². The molecule has 1 aromatic rings. The maximum absolute atomic E-state index is 5.62. The van der Waals surface area contributed by atoms with Gasteiger partial charge in [-0.05, 0) is 32.1 Å². The van der Waals surface area contributed by atoms with Gasteiger partial charge in [-0.3, -0.25) is 0 Å². The van der Waals surface area contributed by atoms with E-state index >= 15 is 0 Å². The van der Waals surface area contributed by atoms with Crippen molar-refractivity contribution < 1.29 is 4.74 Å².